The van der Waals surface area contributed by atoms with Crippen LogP contribution in [-0.4, -0.2) is 42.8 Å². The van der Waals surface area contributed by atoms with Gasteiger partial charge in [0.25, 0.3) is 5.91 Å². The van der Waals surface area contributed by atoms with Crippen molar-refractivity contribution in [2.75, 3.05) is 19.8 Å². The molecule has 1 fully saturated rings. The molecule has 1 aliphatic rings. The summed E-state index contributed by atoms with van der Waals surface area (Å²) in [5.74, 6) is -0.690. The number of amides is 1. The Bertz CT molecular complexity index is 501. The summed E-state index contributed by atoms with van der Waals surface area (Å²) >= 11 is 5.92. The van der Waals surface area contributed by atoms with Gasteiger partial charge in [0.2, 0.25) is 0 Å². The third kappa shape index (κ3) is 4.35. The van der Waals surface area contributed by atoms with E-state index >= 15 is 0 Å². The Labute approximate surface area is 125 Å². The predicted molar refractivity (Wildman–Crippen MR) is 72.4 cm³/mol. The van der Waals surface area contributed by atoms with Crippen LogP contribution in [0.4, 0.5) is 13.2 Å². The van der Waals surface area contributed by atoms with Gasteiger partial charge < -0.3 is 9.64 Å². The van der Waals surface area contributed by atoms with Crippen molar-refractivity contribution in [2.45, 2.75) is 25.1 Å². The molecule has 1 saturated heterocycles. The van der Waals surface area contributed by atoms with Crippen molar-refractivity contribution in [3.05, 3.63) is 34.9 Å². The Morgan fingerprint density at radius 1 is 1.29 bits per heavy atom. The lowest BCUT2D eigenvalue weighted by Gasteiger charge is -2.35. The maximum absolute atomic E-state index is 12.8. The maximum atomic E-state index is 12.8. The van der Waals surface area contributed by atoms with Crippen molar-refractivity contribution in [3.63, 3.8) is 0 Å². The van der Waals surface area contributed by atoms with E-state index in [1.165, 1.54) is 12.1 Å². The first kappa shape index (κ1) is 16.1. The molecule has 0 aromatic heterocycles. The van der Waals surface area contributed by atoms with Gasteiger partial charge in [-0.05, 0) is 25.0 Å². The number of alkyl halides is 3. The van der Waals surface area contributed by atoms with E-state index in [0.29, 0.717) is 26.1 Å². The molecule has 0 spiro atoms. The fraction of sp³-hybridized carbons (Fsp3) is 0.500. The van der Waals surface area contributed by atoms with E-state index in [4.69, 9.17) is 16.3 Å². The van der Waals surface area contributed by atoms with Crippen LogP contribution in [0.2, 0.25) is 5.02 Å². The molecule has 7 heteroatoms. The summed E-state index contributed by atoms with van der Waals surface area (Å²) in [6, 6.07) is 5.65. The molecule has 0 radical (unpaired) electrons. The second-order valence-electron chi connectivity index (χ2n) is 4.87. The molecule has 0 aliphatic carbocycles. The van der Waals surface area contributed by atoms with Gasteiger partial charge in [0.05, 0.1) is 10.6 Å². The quantitative estimate of drug-likeness (QED) is 0.852. The Kier molecular flexibility index (Phi) is 5.11. The van der Waals surface area contributed by atoms with Gasteiger partial charge >= 0.3 is 6.18 Å². The Morgan fingerprint density at radius 2 is 1.90 bits per heavy atom. The maximum Gasteiger partial charge on any atom is 0.406 e. The number of carbonyl (C=O) groups excluding carboxylic acids is 1. The average molecular weight is 322 g/mol. The van der Waals surface area contributed by atoms with Crippen LogP contribution in [0.25, 0.3) is 0 Å². The van der Waals surface area contributed by atoms with Gasteiger partial charge in [-0.1, -0.05) is 23.7 Å². The average Bonchev–Trinajstić information content (AvgIpc) is 2.45. The Balaban J connectivity index is 2.25. The van der Waals surface area contributed by atoms with E-state index in [1.54, 1.807) is 12.1 Å². The number of rotatable bonds is 3. The van der Waals surface area contributed by atoms with Gasteiger partial charge in [0.1, 0.15) is 6.54 Å². The van der Waals surface area contributed by atoms with Gasteiger partial charge in [-0.25, -0.2) is 0 Å². The molecule has 21 heavy (non-hydrogen) atoms. The molecule has 1 amide bonds. The van der Waals surface area contributed by atoms with E-state index in [-0.39, 0.29) is 10.6 Å². The molecule has 1 heterocycles. The second-order valence-corrected chi connectivity index (χ2v) is 5.28. The van der Waals surface area contributed by atoms with Crippen LogP contribution in [0.1, 0.15) is 23.2 Å². The van der Waals surface area contributed by atoms with Crippen LogP contribution in [0.3, 0.4) is 0 Å². The van der Waals surface area contributed by atoms with E-state index in [1.807, 2.05) is 0 Å². The van der Waals surface area contributed by atoms with Crippen LogP contribution < -0.4 is 0 Å². The Hall–Kier alpha value is -1.27. The van der Waals surface area contributed by atoms with Gasteiger partial charge in [-0.15, -0.1) is 0 Å². The molecule has 1 aromatic rings. The van der Waals surface area contributed by atoms with Gasteiger partial charge in [-0.2, -0.15) is 13.2 Å². The summed E-state index contributed by atoms with van der Waals surface area (Å²) in [5.41, 5.74) is 0.0925. The fourth-order valence-electron chi connectivity index (χ4n) is 2.35. The molecule has 0 saturated carbocycles. The summed E-state index contributed by atoms with van der Waals surface area (Å²) in [4.78, 5) is 13.3. The summed E-state index contributed by atoms with van der Waals surface area (Å²) in [7, 11) is 0. The van der Waals surface area contributed by atoms with Crippen LogP contribution >= 0.6 is 11.6 Å². The standard InChI is InChI=1S/C14H15ClF3NO2/c15-12-4-2-1-3-11(12)13(20)19(9-14(16,17)18)10-5-7-21-8-6-10/h1-4,10H,5-9H2. The lowest BCUT2D eigenvalue weighted by molar-refractivity contribution is -0.147. The first-order valence-electron chi connectivity index (χ1n) is 6.58. The highest BCUT2D eigenvalue weighted by atomic mass is 35.5. The monoisotopic (exact) mass is 321 g/mol. The van der Waals surface area contributed by atoms with Crippen molar-refractivity contribution in [3.8, 4) is 0 Å². The molecule has 0 atom stereocenters. The van der Waals surface area contributed by atoms with Crippen LogP contribution in [0.5, 0.6) is 0 Å². The minimum atomic E-state index is -4.45. The number of hydrogen-bond donors (Lipinski definition) is 0. The largest absolute Gasteiger partial charge is 0.406 e. The Morgan fingerprint density at radius 3 is 2.48 bits per heavy atom. The molecule has 0 unspecified atom stereocenters. The van der Waals surface area contributed by atoms with Gasteiger partial charge in [-0.3, -0.25) is 4.79 Å². The van der Waals surface area contributed by atoms with Gasteiger partial charge in [0.15, 0.2) is 0 Å². The smallest absolute Gasteiger partial charge is 0.381 e. The summed E-state index contributed by atoms with van der Waals surface area (Å²) in [5, 5.41) is 0.154. The van der Waals surface area contributed by atoms with Crippen LogP contribution in [-0.2, 0) is 4.74 Å². The van der Waals surface area contributed by atoms with E-state index in [0.717, 1.165) is 4.90 Å². The third-order valence-corrected chi connectivity index (χ3v) is 3.68. The van der Waals surface area contributed by atoms with Crippen molar-refractivity contribution in [1.82, 2.24) is 4.90 Å². The molecule has 0 N–H and O–H groups in total. The van der Waals surface area contributed by atoms with Crippen molar-refractivity contribution >= 4 is 17.5 Å². The second kappa shape index (κ2) is 6.66. The zero-order chi connectivity index (χ0) is 15.5. The molecule has 2 rings (SSSR count). The van der Waals surface area contributed by atoms with E-state index < -0.39 is 24.7 Å². The molecule has 0 bridgehead atoms. The number of halogens is 4. The highest BCUT2D eigenvalue weighted by Crippen LogP contribution is 2.26. The van der Waals surface area contributed by atoms with Crippen LogP contribution in [0.15, 0.2) is 24.3 Å². The summed E-state index contributed by atoms with van der Waals surface area (Å²) in [6.07, 6.45) is -3.66. The van der Waals surface area contributed by atoms with Gasteiger partial charge in [0, 0.05) is 19.3 Å². The highest BCUT2D eigenvalue weighted by molar-refractivity contribution is 6.33. The normalized spacial score (nSPS) is 16.8. The number of ether oxygens (including phenoxy) is 1. The molecular weight excluding hydrogens is 307 g/mol. The van der Waals surface area contributed by atoms with E-state index in [9.17, 15) is 18.0 Å². The minimum Gasteiger partial charge on any atom is -0.381 e. The van der Waals surface area contributed by atoms with E-state index in [2.05, 4.69) is 0 Å². The van der Waals surface area contributed by atoms with Crippen molar-refractivity contribution in [2.24, 2.45) is 0 Å². The fourth-order valence-corrected chi connectivity index (χ4v) is 2.56. The first-order valence-corrected chi connectivity index (χ1v) is 6.96. The van der Waals surface area contributed by atoms with Crippen molar-refractivity contribution < 1.29 is 22.7 Å². The zero-order valence-electron chi connectivity index (χ0n) is 11.2. The molecule has 3 nitrogen and oxygen atoms in total. The molecular formula is C14H15ClF3NO2. The predicted octanol–water partition coefficient (Wildman–Crippen LogP) is 3.52. The minimum absolute atomic E-state index is 0.0925. The summed E-state index contributed by atoms with van der Waals surface area (Å²) < 4.78 is 43.5. The number of hydrogen-bond acceptors (Lipinski definition) is 2. The molecule has 116 valence electrons. The number of carbonyl (C=O) groups is 1. The highest BCUT2D eigenvalue weighted by Gasteiger charge is 2.37. The number of nitrogens with zero attached hydrogens (tertiary/aromatic N) is 1. The first-order chi connectivity index (χ1) is 9.88. The number of benzene rings is 1. The topological polar surface area (TPSA) is 29.5 Å². The third-order valence-electron chi connectivity index (χ3n) is 3.35. The zero-order valence-corrected chi connectivity index (χ0v) is 12.0. The summed E-state index contributed by atoms with van der Waals surface area (Å²) in [6.45, 7) is -0.564. The SMILES string of the molecule is O=C(c1ccccc1Cl)N(CC(F)(F)F)C1CCOCC1. The lowest BCUT2D eigenvalue weighted by atomic mass is 10.1. The van der Waals surface area contributed by atoms with Crippen LogP contribution in [0, 0.1) is 0 Å². The van der Waals surface area contributed by atoms with Crippen molar-refractivity contribution in [1.29, 1.82) is 0 Å². The lowest BCUT2D eigenvalue weighted by Crippen LogP contribution is -2.48. The molecule has 1 aromatic carbocycles. The molecule has 1 aliphatic heterocycles.